The highest BCUT2D eigenvalue weighted by atomic mass is 19.1. The van der Waals surface area contributed by atoms with Gasteiger partial charge in [0.05, 0.1) is 24.3 Å². The molecule has 0 radical (unpaired) electrons. The predicted octanol–water partition coefficient (Wildman–Crippen LogP) is 1.58. The average Bonchev–Trinajstić information content (AvgIpc) is 2.16. The Bertz CT molecular complexity index is 415. The Labute approximate surface area is 74.6 Å². The zero-order valence-corrected chi connectivity index (χ0v) is 6.84. The van der Waals surface area contributed by atoms with E-state index in [-0.39, 0.29) is 16.9 Å². The van der Waals surface area contributed by atoms with E-state index in [9.17, 15) is 4.39 Å². The van der Waals surface area contributed by atoms with Gasteiger partial charge in [0, 0.05) is 0 Å². The second kappa shape index (κ2) is 3.55. The number of hydrogen-bond donors (Lipinski definition) is 0. The van der Waals surface area contributed by atoms with Crippen molar-refractivity contribution in [1.82, 2.24) is 0 Å². The van der Waals surface area contributed by atoms with Crippen molar-refractivity contribution in [3.63, 3.8) is 0 Å². The van der Waals surface area contributed by atoms with E-state index in [0.29, 0.717) is 0 Å². The molecule has 0 N–H and O–H groups in total. The molecule has 0 amide bonds. The number of nitriles is 2. The summed E-state index contributed by atoms with van der Waals surface area (Å²) in [5, 5.41) is 17.1. The molecule has 1 aromatic rings. The van der Waals surface area contributed by atoms with Gasteiger partial charge in [-0.1, -0.05) is 0 Å². The van der Waals surface area contributed by atoms with Gasteiger partial charge in [0.15, 0.2) is 11.6 Å². The molecule has 64 valence electrons. The zero-order chi connectivity index (χ0) is 9.84. The molecule has 0 aromatic heterocycles. The second-order valence-electron chi connectivity index (χ2n) is 2.26. The fourth-order valence-corrected chi connectivity index (χ4v) is 0.948. The van der Waals surface area contributed by atoms with Crippen molar-refractivity contribution >= 4 is 0 Å². The molecule has 0 aliphatic carbocycles. The summed E-state index contributed by atoms with van der Waals surface area (Å²) in [6, 6.07) is 5.80. The number of ether oxygens (including phenoxy) is 1. The number of halogens is 1. The number of hydrogen-bond acceptors (Lipinski definition) is 3. The highest BCUT2D eigenvalue weighted by molar-refractivity contribution is 5.49. The molecule has 0 atom stereocenters. The van der Waals surface area contributed by atoms with Gasteiger partial charge in [-0.25, -0.2) is 4.39 Å². The van der Waals surface area contributed by atoms with Crippen LogP contribution in [0.1, 0.15) is 11.1 Å². The van der Waals surface area contributed by atoms with E-state index in [0.717, 1.165) is 6.07 Å². The third-order valence-electron chi connectivity index (χ3n) is 1.50. The summed E-state index contributed by atoms with van der Waals surface area (Å²) in [5.74, 6) is -0.820. The lowest BCUT2D eigenvalue weighted by molar-refractivity contribution is 0.385. The lowest BCUT2D eigenvalue weighted by atomic mass is 10.1. The monoisotopic (exact) mass is 176 g/mol. The Hall–Kier alpha value is -2.07. The minimum absolute atomic E-state index is 0.0269. The Morgan fingerprint density at radius 3 is 2.46 bits per heavy atom. The predicted molar refractivity (Wildman–Crippen MR) is 42.4 cm³/mol. The summed E-state index contributed by atoms with van der Waals surface area (Å²) in [4.78, 5) is 0. The molecule has 1 aromatic carbocycles. The van der Waals surface area contributed by atoms with Crippen molar-refractivity contribution in [3.05, 3.63) is 29.1 Å². The van der Waals surface area contributed by atoms with Crippen LogP contribution in [0.3, 0.4) is 0 Å². The molecule has 0 saturated carbocycles. The SMILES string of the molecule is COc1c(F)cc(C#N)cc1C#N. The molecule has 0 aliphatic heterocycles. The molecular weight excluding hydrogens is 171 g/mol. The van der Waals surface area contributed by atoms with Crippen LogP contribution in [0.15, 0.2) is 12.1 Å². The van der Waals surface area contributed by atoms with Gasteiger partial charge in [0.1, 0.15) is 6.07 Å². The smallest absolute Gasteiger partial charge is 0.172 e. The van der Waals surface area contributed by atoms with Gasteiger partial charge in [-0.05, 0) is 12.1 Å². The van der Waals surface area contributed by atoms with Gasteiger partial charge in [0.25, 0.3) is 0 Å². The quantitative estimate of drug-likeness (QED) is 0.652. The number of nitrogens with zero attached hydrogens (tertiary/aromatic N) is 2. The fourth-order valence-electron chi connectivity index (χ4n) is 0.948. The van der Waals surface area contributed by atoms with Crippen molar-refractivity contribution in [2.24, 2.45) is 0 Å². The standard InChI is InChI=1S/C9H5FN2O/c1-13-9-7(5-12)2-6(4-11)3-8(9)10/h2-3H,1H3. The second-order valence-corrected chi connectivity index (χ2v) is 2.26. The highest BCUT2D eigenvalue weighted by Gasteiger charge is 2.10. The fraction of sp³-hybridized carbons (Fsp3) is 0.111. The highest BCUT2D eigenvalue weighted by Crippen LogP contribution is 2.23. The summed E-state index contributed by atoms with van der Waals surface area (Å²) in [5.41, 5.74) is 0.133. The van der Waals surface area contributed by atoms with Crippen LogP contribution in [0, 0.1) is 28.5 Å². The van der Waals surface area contributed by atoms with Gasteiger partial charge in [-0.2, -0.15) is 10.5 Å². The molecule has 0 spiro atoms. The van der Waals surface area contributed by atoms with E-state index in [4.69, 9.17) is 10.5 Å². The van der Waals surface area contributed by atoms with Gasteiger partial charge < -0.3 is 4.74 Å². The lowest BCUT2D eigenvalue weighted by Crippen LogP contribution is -1.93. The maximum atomic E-state index is 13.1. The molecule has 0 fully saturated rings. The van der Waals surface area contributed by atoms with Crippen molar-refractivity contribution in [3.8, 4) is 17.9 Å². The maximum absolute atomic E-state index is 13.1. The Morgan fingerprint density at radius 2 is 2.00 bits per heavy atom. The van der Waals surface area contributed by atoms with Crippen molar-refractivity contribution in [1.29, 1.82) is 10.5 Å². The average molecular weight is 176 g/mol. The minimum atomic E-state index is -0.696. The van der Waals surface area contributed by atoms with Gasteiger partial charge in [0.2, 0.25) is 0 Å². The van der Waals surface area contributed by atoms with Gasteiger partial charge in [-0.3, -0.25) is 0 Å². The van der Waals surface area contributed by atoms with E-state index in [1.807, 2.05) is 0 Å². The van der Waals surface area contributed by atoms with Crippen LogP contribution in [-0.4, -0.2) is 7.11 Å². The van der Waals surface area contributed by atoms with E-state index in [1.54, 1.807) is 12.1 Å². The van der Waals surface area contributed by atoms with Crippen LogP contribution < -0.4 is 4.74 Å². The van der Waals surface area contributed by atoms with Crippen LogP contribution in [-0.2, 0) is 0 Å². The van der Waals surface area contributed by atoms with E-state index in [2.05, 4.69) is 4.74 Å². The minimum Gasteiger partial charge on any atom is -0.492 e. The van der Waals surface area contributed by atoms with Crippen molar-refractivity contribution in [2.45, 2.75) is 0 Å². The molecular formula is C9H5FN2O. The summed E-state index contributed by atoms with van der Waals surface area (Å²) < 4.78 is 17.7. The largest absolute Gasteiger partial charge is 0.492 e. The number of benzene rings is 1. The van der Waals surface area contributed by atoms with Gasteiger partial charge in [-0.15, -0.1) is 0 Å². The van der Waals surface area contributed by atoms with Crippen LogP contribution in [0.2, 0.25) is 0 Å². The maximum Gasteiger partial charge on any atom is 0.172 e. The van der Waals surface area contributed by atoms with Crippen molar-refractivity contribution in [2.75, 3.05) is 7.11 Å². The Morgan fingerprint density at radius 1 is 1.31 bits per heavy atom. The third kappa shape index (κ3) is 1.57. The van der Waals surface area contributed by atoms with Crippen LogP contribution in [0.5, 0.6) is 5.75 Å². The molecule has 0 bridgehead atoms. The lowest BCUT2D eigenvalue weighted by Gasteiger charge is -2.03. The first-order chi connectivity index (χ1) is 6.22. The van der Waals surface area contributed by atoms with Crippen molar-refractivity contribution < 1.29 is 9.13 Å². The molecule has 4 heteroatoms. The van der Waals surface area contributed by atoms with E-state index in [1.165, 1.54) is 13.2 Å². The molecule has 0 heterocycles. The summed E-state index contributed by atoms with van der Waals surface area (Å²) in [6.07, 6.45) is 0. The molecule has 1 rings (SSSR count). The third-order valence-corrected chi connectivity index (χ3v) is 1.50. The Kier molecular flexibility index (Phi) is 2.47. The van der Waals surface area contributed by atoms with Crippen LogP contribution in [0.4, 0.5) is 4.39 Å². The molecule has 0 unspecified atom stereocenters. The topological polar surface area (TPSA) is 56.8 Å². The van der Waals surface area contributed by atoms with E-state index >= 15 is 0 Å². The molecule has 0 aliphatic rings. The van der Waals surface area contributed by atoms with Crippen LogP contribution in [0.25, 0.3) is 0 Å². The van der Waals surface area contributed by atoms with Gasteiger partial charge >= 0.3 is 0 Å². The number of rotatable bonds is 1. The van der Waals surface area contributed by atoms with Crippen LogP contribution >= 0.6 is 0 Å². The summed E-state index contributed by atoms with van der Waals surface area (Å²) in [7, 11) is 1.27. The first kappa shape index (κ1) is 9.02. The number of methoxy groups -OCH3 is 1. The normalized spacial score (nSPS) is 8.62. The molecule has 13 heavy (non-hydrogen) atoms. The summed E-state index contributed by atoms with van der Waals surface area (Å²) in [6.45, 7) is 0. The first-order valence-corrected chi connectivity index (χ1v) is 3.40. The molecule has 3 nitrogen and oxygen atoms in total. The molecule has 0 saturated heterocycles. The first-order valence-electron chi connectivity index (χ1n) is 3.40. The van der Waals surface area contributed by atoms with E-state index < -0.39 is 5.82 Å². The summed E-state index contributed by atoms with van der Waals surface area (Å²) >= 11 is 0. The zero-order valence-electron chi connectivity index (χ0n) is 6.84. The Balaban J connectivity index is 3.42.